The van der Waals surface area contributed by atoms with Gasteiger partial charge in [0.05, 0.1) is 17.4 Å². The fraction of sp³-hybridized carbons (Fsp3) is 0.444. The van der Waals surface area contributed by atoms with Crippen molar-refractivity contribution in [3.05, 3.63) is 30.6 Å². The predicted molar refractivity (Wildman–Crippen MR) is 100 cm³/mol. The van der Waals surface area contributed by atoms with Crippen molar-refractivity contribution < 1.29 is 0 Å². The van der Waals surface area contributed by atoms with Crippen LogP contribution in [0.25, 0.3) is 21.9 Å². The number of pyridine rings is 1. The van der Waals surface area contributed by atoms with E-state index in [-0.39, 0.29) is 12.4 Å². The molecule has 0 saturated heterocycles. The third kappa shape index (κ3) is 3.13. The van der Waals surface area contributed by atoms with Crippen molar-refractivity contribution in [2.24, 2.45) is 5.92 Å². The SMILES string of the molecule is CCCC[C@H](C(C)C)n1cnc2c(N)nc3ccccc3c21.Cl. The van der Waals surface area contributed by atoms with E-state index in [4.69, 9.17) is 5.73 Å². The fourth-order valence-corrected chi connectivity index (χ4v) is 3.23. The molecule has 4 nitrogen and oxygen atoms in total. The lowest BCUT2D eigenvalue weighted by molar-refractivity contribution is 0.352. The summed E-state index contributed by atoms with van der Waals surface area (Å²) in [7, 11) is 0. The molecule has 0 aliphatic rings. The maximum absolute atomic E-state index is 6.13. The monoisotopic (exact) mass is 332 g/mol. The van der Waals surface area contributed by atoms with Gasteiger partial charge in [-0.05, 0) is 18.4 Å². The molecule has 23 heavy (non-hydrogen) atoms. The molecule has 0 spiro atoms. The summed E-state index contributed by atoms with van der Waals surface area (Å²) in [6.45, 7) is 6.79. The van der Waals surface area contributed by atoms with Crippen molar-refractivity contribution in [1.82, 2.24) is 14.5 Å². The van der Waals surface area contributed by atoms with Crippen molar-refractivity contribution >= 4 is 40.2 Å². The molecule has 0 saturated carbocycles. The predicted octanol–water partition coefficient (Wildman–Crippen LogP) is 4.98. The summed E-state index contributed by atoms with van der Waals surface area (Å²) >= 11 is 0. The Labute approximate surface area is 143 Å². The van der Waals surface area contributed by atoms with Gasteiger partial charge in [-0.1, -0.05) is 51.8 Å². The van der Waals surface area contributed by atoms with Gasteiger partial charge in [-0.25, -0.2) is 9.97 Å². The molecule has 124 valence electrons. The lowest BCUT2D eigenvalue weighted by atomic mass is 9.98. The topological polar surface area (TPSA) is 56.7 Å². The second-order valence-electron chi connectivity index (χ2n) is 6.32. The van der Waals surface area contributed by atoms with Gasteiger partial charge >= 0.3 is 0 Å². The first-order valence-electron chi connectivity index (χ1n) is 8.14. The molecule has 2 N–H and O–H groups in total. The number of nitrogens with two attached hydrogens (primary N) is 1. The zero-order valence-electron chi connectivity index (χ0n) is 14.0. The fourth-order valence-electron chi connectivity index (χ4n) is 3.23. The summed E-state index contributed by atoms with van der Waals surface area (Å²) in [5.41, 5.74) is 9.01. The standard InChI is InChI=1S/C18H24N4.ClH/c1-4-5-10-15(12(2)3)22-11-20-16-17(22)13-8-6-7-9-14(13)21-18(16)19;/h6-9,11-12,15H,4-5,10H2,1-3H3,(H2,19,21);1H/t15-;/m1./s1. The molecule has 0 amide bonds. The Kier molecular flexibility index (Phi) is 5.47. The largest absolute Gasteiger partial charge is 0.382 e. The van der Waals surface area contributed by atoms with E-state index in [1.165, 1.54) is 12.8 Å². The number of nitrogens with zero attached hydrogens (tertiary/aromatic N) is 3. The Balaban J connectivity index is 0.00000192. The molecular formula is C18H25ClN4. The molecule has 3 aromatic rings. The molecule has 1 aromatic carbocycles. The molecule has 0 radical (unpaired) electrons. The van der Waals surface area contributed by atoms with E-state index >= 15 is 0 Å². The molecule has 0 unspecified atom stereocenters. The van der Waals surface area contributed by atoms with Crippen LogP contribution in [0.4, 0.5) is 5.82 Å². The van der Waals surface area contributed by atoms with Crippen LogP contribution in [0.15, 0.2) is 30.6 Å². The Morgan fingerprint density at radius 1 is 1.22 bits per heavy atom. The van der Waals surface area contributed by atoms with Gasteiger partial charge in [0.25, 0.3) is 0 Å². The van der Waals surface area contributed by atoms with Crippen molar-refractivity contribution in [3.63, 3.8) is 0 Å². The van der Waals surface area contributed by atoms with Crippen LogP contribution in [0.2, 0.25) is 0 Å². The van der Waals surface area contributed by atoms with Gasteiger partial charge < -0.3 is 10.3 Å². The van der Waals surface area contributed by atoms with E-state index in [0.29, 0.717) is 17.8 Å². The highest BCUT2D eigenvalue weighted by molar-refractivity contribution is 6.06. The molecule has 0 bridgehead atoms. The zero-order valence-corrected chi connectivity index (χ0v) is 14.8. The molecular weight excluding hydrogens is 308 g/mol. The molecule has 0 aliphatic heterocycles. The van der Waals surface area contributed by atoms with E-state index in [1.807, 2.05) is 24.5 Å². The first kappa shape index (κ1) is 17.5. The molecule has 2 heterocycles. The minimum atomic E-state index is 0. The summed E-state index contributed by atoms with van der Waals surface area (Å²) in [5.74, 6) is 1.07. The third-order valence-corrected chi connectivity index (χ3v) is 4.42. The second-order valence-corrected chi connectivity index (χ2v) is 6.32. The number of benzene rings is 1. The van der Waals surface area contributed by atoms with Crippen LogP contribution in [0, 0.1) is 5.92 Å². The highest BCUT2D eigenvalue weighted by Crippen LogP contribution is 2.33. The van der Waals surface area contributed by atoms with Gasteiger partial charge in [0.15, 0.2) is 5.82 Å². The number of aromatic nitrogens is 3. The Morgan fingerprint density at radius 3 is 2.65 bits per heavy atom. The molecule has 1 atom stereocenters. The van der Waals surface area contributed by atoms with Crippen molar-refractivity contribution in [1.29, 1.82) is 0 Å². The summed E-state index contributed by atoms with van der Waals surface area (Å²) in [6.07, 6.45) is 5.53. The van der Waals surface area contributed by atoms with Gasteiger partial charge in [-0.3, -0.25) is 0 Å². The number of hydrogen-bond donors (Lipinski definition) is 1. The first-order chi connectivity index (χ1) is 10.6. The van der Waals surface area contributed by atoms with Crippen LogP contribution in [-0.2, 0) is 0 Å². The van der Waals surface area contributed by atoms with Crippen molar-refractivity contribution in [2.75, 3.05) is 5.73 Å². The average molecular weight is 333 g/mol. The van der Waals surface area contributed by atoms with Gasteiger partial charge in [-0.15, -0.1) is 12.4 Å². The van der Waals surface area contributed by atoms with E-state index in [1.54, 1.807) is 0 Å². The average Bonchev–Trinajstić information content (AvgIpc) is 2.93. The minimum absolute atomic E-state index is 0. The number of para-hydroxylation sites is 1. The van der Waals surface area contributed by atoms with Crippen molar-refractivity contribution in [2.45, 2.75) is 46.1 Å². The summed E-state index contributed by atoms with van der Waals surface area (Å²) in [6, 6.07) is 8.61. The maximum atomic E-state index is 6.13. The normalized spacial score (nSPS) is 12.7. The number of rotatable bonds is 5. The van der Waals surface area contributed by atoms with Crippen LogP contribution in [0.5, 0.6) is 0 Å². The molecule has 5 heteroatoms. The lowest BCUT2D eigenvalue weighted by Crippen LogP contribution is -2.14. The molecule has 0 fully saturated rings. The number of nitrogen functional groups attached to an aromatic ring is 1. The smallest absolute Gasteiger partial charge is 0.152 e. The number of imidazole rings is 1. The second kappa shape index (κ2) is 7.18. The Morgan fingerprint density at radius 2 is 1.96 bits per heavy atom. The van der Waals surface area contributed by atoms with Crippen LogP contribution < -0.4 is 5.73 Å². The number of unbranched alkanes of at least 4 members (excludes halogenated alkanes) is 1. The summed E-state index contributed by atoms with van der Waals surface area (Å²) in [4.78, 5) is 9.04. The van der Waals surface area contributed by atoms with Gasteiger partial charge in [-0.2, -0.15) is 0 Å². The third-order valence-electron chi connectivity index (χ3n) is 4.42. The van der Waals surface area contributed by atoms with E-state index in [9.17, 15) is 0 Å². The highest BCUT2D eigenvalue weighted by Gasteiger charge is 2.20. The number of anilines is 1. The Hall–Kier alpha value is -1.81. The Bertz CT molecular complexity index is 794. The van der Waals surface area contributed by atoms with Gasteiger partial charge in [0.1, 0.15) is 5.52 Å². The van der Waals surface area contributed by atoms with E-state index in [2.05, 4.69) is 41.4 Å². The van der Waals surface area contributed by atoms with Crippen LogP contribution in [-0.4, -0.2) is 14.5 Å². The van der Waals surface area contributed by atoms with E-state index < -0.39 is 0 Å². The number of hydrogen-bond acceptors (Lipinski definition) is 3. The van der Waals surface area contributed by atoms with Gasteiger partial charge in [0, 0.05) is 11.4 Å². The highest BCUT2D eigenvalue weighted by atomic mass is 35.5. The number of halogens is 1. The molecule has 2 aromatic heterocycles. The van der Waals surface area contributed by atoms with Gasteiger partial charge in [0.2, 0.25) is 0 Å². The molecule has 0 aliphatic carbocycles. The van der Waals surface area contributed by atoms with E-state index in [0.717, 1.165) is 28.4 Å². The summed E-state index contributed by atoms with van der Waals surface area (Å²) in [5, 5.41) is 1.13. The molecule has 3 rings (SSSR count). The minimum Gasteiger partial charge on any atom is -0.382 e. The number of fused-ring (bicyclic) bond motifs is 3. The van der Waals surface area contributed by atoms with Crippen LogP contribution >= 0.6 is 12.4 Å². The quantitative estimate of drug-likeness (QED) is 0.717. The lowest BCUT2D eigenvalue weighted by Gasteiger charge is -2.23. The first-order valence-corrected chi connectivity index (χ1v) is 8.14. The van der Waals surface area contributed by atoms with Crippen LogP contribution in [0.1, 0.15) is 46.1 Å². The summed E-state index contributed by atoms with van der Waals surface area (Å²) < 4.78 is 2.32. The zero-order chi connectivity index (χ0) is 15.7. The van der Waals surface area contributed by atoms with Crippen molar-refractivity contribution in [3.8, 4) is 0 Å². The maximum Gasteiger partial charge on any atom is 0.152 e. The van der Waals surface area contributed by atoms with Crippen LogP contribution in [0.3, 0.4) is 0 Å².